The Hall–Kier alpha value is -2.57. The van der Waals surface area contributed by atoms with E-state index in [1.54, 1.807) is 0 Å². The van der Waals surface area contributed by atoms with E-state index in [1.165, 1.54) is 80.4 Å². The average Bonchev–Trinajstić information content (AvgIpc) is 2.93. The molecular weight excluding hydrogens is 492 g/mol. The number of carboxylic acid groups (broad SMARTS) is 2. The van der Waals surface area contributed by atoms with Crippen LogP contribution in [0, 0.1) is 5.92 Å². The monoisotopic (exact) mass is 544 g/mol. The maximum atomic E-state index is 13.4. The summed E-state index contributed by atoms with van der Waals surface area (Å²) in [7, 11) is 0. The van der Waals surface area contributed by atoms with Gasteiger partial charge < -0.3 is 20.0 Å². The fourth-order valence-corrected chi connectivity index (χ4v) is 5.61. The van der Waals surface area contributed by atoms with Crippen LogP contribution in [-0.4, -0.2) is 57.1 Å². The van der Waals surface area contributed by atoms with Crippen molar-refractivity contribution in [2.75, 3.05) is 13.1 Å². The van der Waals surface area contributed by atoms with Crippen LogP contribution >= 0.6 is 0 Å². The molecule has 0 spiro atoms. The van der Waals surface area contributed by atoms with Crippen molar-refractivity contribution in [3.05, 3.63) is 35.4 Å². The number of urea groups is 1. The number of hydrogen-bond acceptors (Lipinski definition) is 3. The van der Waals surface area contributed by atoms with Crippen LogP contribution in [0.25, 0.3) is 0 Å². The first-order valence-corrected chi connectivity index (χ1v) is 15.5. The molecule has 1 aromatic rings. The third-order valence-electron chi connectivity index (χ3n) is 8.13. The van der Waals surface area contributed by atoms with Crippen molar-refractivity contribution in [1.29, 1.82) is 0 Å². The predicted octanol–water partition coefficient (Wildman–Crippen LogP) is 7.51. The normalized spacial score (nSPS) is 15.5. The van der Waals surface area contributed by atoms with Gasteiger partial charge in [-0.2, -0.15) is 0 Å². The number of hydrogen-bond donors (Lipinski definition) is 2. The van der Waals surface area contributed by atoms with Gasteiger partial charge in [0.1, 0.15) is 6.04 Å². The van der Waals surface area contributed by atoms with Crippen molar-refractivity contribution >= 4 is 18.0 Å². The van der Waals surface area contributed by atoms with Crippen LogP contribution in [0.15, 0.2) is 24.3 Å². The Bertz CT molecular complexity index is 874. The molecule has 0 fully saturated rings. The number of carbonyl (C=O) groups excluding carboxylic acids is 1. The molecule has 39 heavy (non-hydrogen) atoms. The maximum absolute atomic E-state index is 13.4. The van der Waals surface area contributed by atoms with Gasteiger partial charge in [-0.05, 0) is 24.5 Å². The van der Waals surface area contributed by atoms with Gasteiger partial charge in [-0.3, -0.25) is 4.79 Å². The molecule has 2 N–H and O–H groups in total. The summed E-state index contributed by atoms with van der Waals surface area (Å²) in [6.07, 6.45) is 18.3. The zero-order valence-electron chi connectivity index (χ0n) is 24.4. The quantitative estimate of drug-likeness (QED) is 0.166. The molecule has 1 aliphatic heterocycles. The Morgan fingerprint density at radius 2 is 1.33 bits per heavy atom. The van der Waals surface area contributed by atoms with Gasteiger partial charge in [0.2, 0.25) is 0 Å². The summed E-state index contributed by atoms with van der Waals surface area (Å²) in [6, 6.07) is 6.24. The Morgan fingerprint density at radius 1 is 0.821 bits per heavy atom. The molecule has 0 bridgehead atoms. The summed E-state index contributed by atoms with van der Waals surface area (Å²) in [5.41, 5.74) is 1.88. The van der Waals surface area contributed by atoms with Gasteiger partial charge in [-0.25, -0.2) is 9.59 Å². The zero-order chi connectivity index (χ0) is 28.5. The lowest BCUT2D eigenvalue weighted by Crippen LogP contribution is -2.54. The number of unbranched alkanes of at least 4 members (excludes halogenated alkanes) is 13. The first-order chi connectivity index (χ1) is 18.9. The molecule has 0 aromatic heterocycles. The second-order valence-electron chi connectivity index (χ2n) is 11.2. The smallest absolute Gasteiger partial charge is 0.326 e. The molecular formula is C32H52N2O5. The number of fused-ring (bicyclic) bond motifs is 1. The van der Waals surface area contributed by atoms with Crippen LogP contribution in [0.3, 0.4) is 0 Å². The minimum atomic E-state index is -1.04. The van der Waals surface area contributed by atoms with Crippen LogP contribution in [0.2, 0.25) is 0 Å². The molecule has 7 nitrogen and oxygen atoms in total. The number of rotatable bonds is 20. The fourth-order valence-electron chi connectivity index (χ4n) is 5.61. The second kappa shape index (κ2) is 18.7. The lowest BCUT2D eigenvalue weighted by molar-refractivity contribution is -0.144. The number of benzene rings is 1. The number of nitrogens with zero attached hydrogens (tertiary/aromatic N) is 2. The SMILES string of the molecule is CCCCCCCCCCCCCCCC[C@H](CN(CC)C(=O)N1Cc2ccccc2C[C@H]1C(=O)O)C(=O)O. The summed E-state index contributed by atoms with van der Waals surface area (Å²) in [5.74, 6) is -2.58. The largest absolute Gasteiger partial charge is 0.481 e. The van der Waals surface area contributed by atoms with Gasteiger partial charge in [0, 0.05) is 26.1 Å². The summed E-state index contributed by atoms with van der Waals surface area (Å²) in [4.78, 5) is 40.3. The highest BCUT2D eigenvalue weighted by Crippen LogP contribution is 2.25. The summed E-state index contributed by atoms with van der Waals surface area (Å²) < 4.78 is 0. The van der Waals surface area contributed by atoms with Gasteiger partial charge in [-0.15, -0.1) is 0 Å². The van der Waals surface area contributed by atoms with E-state index in [1.807, 2.05) is 31.2 Å². The van der Waals surface area contributed by atoms with Crippen LogP contribution in [0.1, 0.15) is 121 Å². The Morgan fingerprint density at radius 3 is 1.82 bits per heavy atom. The van der Waals surface area contributed by atoms with E-state index in [9.17, 15) is 24.6 Å². The Kier molecular flexibility index (Phi) is 15.6. The van der Waals surface area contributed by atoms with Crippen molar-refractivity contribution in [3.8, 4) is 0 Å². The molecule has 0 radical (unpaired) electrons. The number of carboxylic acids is 2. The predicted molar refractivity (Wildman–Crippen MR) is 156 cm³/mol. The minimum Gasteiger partial charge on any atom is -0.481 e. The van der Waals surface area contributed by atoms with Crippen LogP contribution in [-0.2, 0) is 22.6 Å². The van der Waals surface area contributed by atoms with E-state index >= 15 is 0 Å². The molecule has 0 unspecified atom stereocenters. The molecule has 0 saturated heterocycles. The molecule has 2 amide bonds. The Labute approximate surface area is 236 Å². The lowest BCUT2D eigenvalue weighted by Gasteiger charge is -2.38. The molecule has 2 atom stereocenters. The third kappa shape index (κ3) is 11.6. The third-order valence-corrected chi connectivity index (χ3v) is 8.13. The highest BCUT2D eigenvalue weighted by atomic mass is 16.4. The first-order valence-electron chi connectivity index (χ1n) is 15.5. The number of aliphatic carboxylic acids is 2. The Balaban J connectivity index is 1.71. The molecule has 1 heterocycles. The van der Waals surface area contributed by atoms with E-state index in [0.717, 1.165) is 30.4 Å². The summed E-state index contributed by atoms with van der Waals surface area (Å²) >= 11 is 0. The molecule has 0 aliphatic carbocycles. The van der Waals surface area contributed by atoms with Gasteiger partial charge in [0.05, 0.1) is 5.92 Å². The minimum absolute atomic E-state index is 0.105. The van der Waals surface area contributed by atoms with Gasteiger partial charge in [-0.1, -0.05) is 121 Å². The van der Waals surface area contributed by atoms with E-state index in [0.29, 0.717) is 13.0 Å². The molecule has 220 valence electrons. The van der Waals surface area contributed by atoms with E-state index in [-0.39, 0.29) is 19.5 Å². The van der Waals surface area contributed by atoms with E-state index < -0.39 is 29.9 Å². The van der Waals surface area contributed by atoms with Crippen molar-refractivity contribution in [1.82, 2.24) is 9.80 Å². The second-order valence-corrected chi connectivity index (χ2v) is 11.2. The molecule has 0 saturated carbocycles. The van der Waals surface area contributed by atoms with E-state index in [4.69, 9.17) is 0 Å². The standard InChI is InChI=1S/C32H52N2O5/c1-3-5-6-7-8-9-10-11-12-13-14-15-16-17-22-28(30(35)36)24-33(4-2)32(39)34-25-27-21-19-18-20-26(27)23-29(34)31(37)38/h18-21,28-29H,3-17,22-25H2,1-2H3,(H,35,36)(H,37,38)/t28-,29+/m1/s1. The molecule has 7 heteroatoms. The molecule has 1 aliphatic rings. The molecule has 2 rings (SSSR count). The first kappa shape index (κ1) is 32.6. The number of carbonyl (C=O) groups is 3. The van der Waals surface area contributed by atoms with Gasteiger partial charge in [0.25, 0.3) is 0 Å². The van der Waals surface area contributed by atoms with Crippen molar-refractivity contribution in [2.45, 2.75) is 129 Å². The van der Waals surface area contributed by atoms with Gasteiger partial charge >= 0.3 is 18.0 Å². The van der Waals surface area contributed by atoms with Crippen molar-refractivity contribution in [3.63, 3.8) is 0 Å². The topological polar surface area (TPSA) is 98.2 Å². The molecule has 1 aromatic carbocycles. The maximum Gasteiger partial charge on any atom is 0.326 e. The number of amides is 2. The average molecular weight is 545 g/mol. The van der Waals surface area contributed by atoms with Gasteiger partial charge in [0.15, 0.2) is 0 Å². The summed E-state index contributed by atoms with van der Waals surface area (Å²) in [6.45, 7) is 4.73. The van der Waals surface area contributed by atoms with E-state index in [2.05, 4.69) is 6.92 Å². The highest BCUT2D eigenvalue weighted by Gasteiger charge is 2.37. The van der Waals surface area contributed by atoms with Crippen LogP contribution in [0.4, 0.5) is 4.79 Å². The zero-order valence-corrected chi connectivity index (χ0v) is 24.4. The fraction of sp³-hybridized carbons (Fsp3) is 0.719. The lowest BCUT2D eigenvalue weighted by atomic mass is 9.94. The van der Waals surface area contributed by atoms with Crippen molar-refractivity contribution in [2.24, 2.45) is 5.92 Å². The summed E-state index contributed by atoms with van der Waals surface area (Å²) in [5, 5.41) is 19.6. The van der Waals surface area contributed by atoms with Crippen molar-refractivity contribution < 1.29 is 24.6 Å². The van der Waals surface area contributed by atoms with Crippen LogP contribution in [0.5, 0.6) is 0 Å². The highest BCUT2D eigenvalue weighted by molar-refractivity contribution is 5.84. The van der Waals surface area contributed by atoms with Crippen LogP contribution < -0.4 is 0 Å².